The molecule has 0 aliphatic carbocycles. The summed E-state index contributed by atoms with van der Waals surface area (Å²) in [4.78, 5) is 0. The molecule has 94 valence electrons. The molecule has 0 N–H and O–H groups in total. The van der Waals surface area contributed by atoms with Crippen LogP contribution in [0.1, 0.15) is 11.1 Å². The van der Waals surface area contributed by atoms with Crippen molar-refractivity contribution in [3.8, 4) is 0 Å². The van der Waals surface area contributed by atoms with Gasteiger partial charge in [0, 0.05) is 7.11 Å². The number of rotatable bonds is 3. The second kappa shape index (κ2) is 5.08. The Hall–Kier alpha value is -1.38. The highest BCUT2D eigenvalue weighted by Crippen LogP contribution is 2.08. The molecule has 0 amide bonds. The lowest BCUT2D eigenvalue weighted by atomic mass is 10.2. The minimum Gasteiger partial charge on any atom is -0.411 e. The van der Waals surface area contributed by atoms with Crippen molar-refractivity contribution < 1.29 is 4.43 Å². The summed E-state index contributed by atoms with van der Waals surface area (Å²) < 4.78 is 5.96. The summed E-state index contributed by atoms with van der Waals surface area (Å²) >= 11 is 0. The van der Waals surface area contributed by atoms with Crippen molar-refractivity contribution in [1.82, 2.24) is 0 Å². The van der Waals surface area contributed by atoms with Gasteiger partial charge < -0.3 is 4.43 Å². The van der Waals surface area contributed by atoms with E-state index in [0.717, 1.165) is 0 Å². The summed E-state index contributed by atoms with van der Waals surface area (Å²) in [5.74, 6) is 0. The first kappa shape index (κ1) is 13.1. The van der Waals surface area contributed by atoms with Crippen molar-refractivity contribution in [2.45, 2.75) is 20.4 Å². The third-order valence-electron chi connectivity index (χ3n) is 3.55. The standard InChI is InChI=1S/C16H20OSi/c1-13-7-5-9-15(11-13)18(4,17-3)16-10-6-8-14(2)12-16/h5-12H,1-4H3. The zero-order chi connectivity index (χ0) is 13.2. The maximum atomic E-state index is 5.96. The molecule has 0 spiro atoms. The fourth-order valence-corrected chi connectivity index (χ4v) is 4.93. The van der Waals surface area contributed by atoms with Gasteiger partial charge in [0.05, 0.1) is 0 Å². The Morgan fingerprint density at radius 2 is 1.28 bits per heavy atom. The smallest absolute Gasteiger partial charge is 0.252 e. The fraction of sp³-hybridized carbons (Fsp3) is 0.250. The van der Waals surface area contributed by atoms with Gasteiger partial charge in [0.15, 0.2) is 0 Å². The Labute approximate surface area is 111 Å². The van der Waals surface area contributed by atoms with Gasteiger partial charge in [-0.05, 0) is 30.8 Å². The Kier molecular flexibility index (Phi) is 3.69. The van der Waals surface area contributed by atoms with Crippen LogP contribution in [0.3, 0.4) is 0 Å². The molecule has 0 atom stereocenters. The van der Waals surface area contributed by atoms with Gasteiger partial charge in [-0.1, -0.05) is 59.7 Å². The molecule has 0 radical (unpaired) electrons. The molecular formula is C16H20OSi. The largest absolute Gasteiger partial charge is 0.411 e. The second-order valence-electron chi connectivity index (χ2n) is 4.98. The molecule has 0 unspecified atom stereocenters. The Morgan fingerprint density at radius 3 is 1.61 bits per heavy atom. The Morgan fingerprint density at radius 1 is 0.833 bits per heavy atom. The highest BCUT2D eigenvalue weighted by molar-refractivity contribution is 6.96. The van der Waals surface area contributed by atoms with E-state index in [0.29, 0.717) is 0 Å². The molecule has 0 saturated carbocycles. The number of hydrogen-bond acceptors (Lipinski definition) is 1. The zero-order valence-corrected chi connectivity index (χ0v) is 12.5. The molecule has 0 aromatic heterocycles. The van der Waals surface area contributed by atoms with E-state index < -0.39 is 8.32 Å². The third-order valence-corrected chi connectivity index (χ3v) is 7.19. The molecule has 0 aliphatic rings. The van der Waals surface area contributed by atoms with Gasteiger partial charge in [-0.25, -0.2) is 0 Å². The van der Waals surface area contributed by atoms with Gasteiger partial charge in [-0.3, -0.25) is 0 Å². The molecule has 2 aromatic rings. The molecule has 0 aliphatic heterocycles. The summed E-state index contributed by atoms with van der Waals surface area (Å²) in [6.07, 6.45) is 0. The molecule has 2 aromatic carbocycles. The minimum atomic E-state index is -2.04. The summed E-state index contributed by atoms with van der Waals surface area (Å²) in [6, 6.07) is 17.4. The maximum Gasteiger partial charge on any atom is 0.252 e. The lowest BCUT2D eigenvalue weighted by Gasteiger charge is -2.27. The van der Waals surface area contributed by atoms with Crippen LogP contribution in [0, 0.1) is 13.8 Å². The quantitative estimate of drug-likeness (QED) is 0.767. The lowest BCUT2D eigenvalue weighted by Crippen LogP contribution is -2.57. The van der Waals surface area contributed by atoms with E-state index in [-0.39, 0.29) is 0 Å². The molecule has 0 heterocycles. The summed E-state index contributed by atoms with van der Waals surface area (Å²) in [5.41, 5.74) is 2.58. The predicted octanol–water partition coefficient (Wildman–Crippen LogP) is 2.64. The highest BCUT2D eigenvalue weighted by atomic mass is 28.4. The zero-order valence-electron chi connectivity index (χ0n) is 11.5. The van der Waals surface area contributed by atoms with Crippen molar-refractivity contribution >= 4 is 18.7 Å². The van der Waals surface area contributed by atoms with Gasteiger partial charge in [-0.2, -0.15) is 0 Å². The van der Waals surface area contributed by atoms with Crippen molar-refractivity contribution in [2.75, 3.05) is 7.11 Å². The van der Waals surface area contributed by atoms with Crippen LogP contribution >= 0.6 is 0 Å². The van der Waals surface area contributed by atoms with Crippen molar-refractivity contribution in [1.29, 1.82) is 0 Å². The monoisotopic (exact) mass is 256 g/mol. The van der Waals surface area contributed by atoms with Crippen LogP contribution < -0.4 is 10.4 Å². The molecule has 2 heteroatoms. The minimum absolute atomic E-state index is 1.29. The third kappa shape index (κ3) is 2.40. The van der Waals surface area contributed by atoms with Crippen LogP contribution in [0.5, 0.6) is 0 Å². The first-order valence-electron chi connectivity index (χ1n) is 6.26. The molecule has 18 heavy (non-hydrogen) atoms. The van der Waals surface area contributed by atoms with Crippen molar-refractivity contribution in [2.24, 2.45) is 0 Å². The van der Waals surface area contributed by atoms with Crippen LogP contribution in [-0.2, 0) is 4.43 Å². The van der Waals surface area contributed by atoms with Crippen LogP contribution in [0.15, 0.2) is 48.5 Å². The van der Waals surface area contributed by atoms with Gasteiger partial charge >= 0.3 is 0 Å². The molecular weight excluding hydrogens is 236 g/mol. The summed E-state index contributed by atoms with van der Waals surface area (Å²) in [6.45, 7) is 6.52. The maximum absolute atomic E-state index is 5.96. The highest BCUT2D eigenvalue weighted by Gasteiger charge is 2.32. The molecule has 0 bridgehead atoms. The SMILES string of the molecule is CO[Si](C)(c1cccc(C)c1)c1cccc(C)c1. The lowest BCUT2D eigenvalue weighted by molar-refractivity contribution is 0.421. The van der Waals surface area contributed by atoms with Crippen LogP contribution in [0.4, 0.5) is 0 Å². The Bertz CT molecular complexity index is 503. The summed E-state index contributed by atoms with van der Waals surface area (Å²) in [5, 5.41) is 2.66. The second-order valence-corrected chi connectivity index (χ2v) is 8.61. The van der Waals surface area contributed by atoms with E-state index >= 15 is 0 Å². The van der Waals surface area contributed by atoms with Crippen LogP contribution in [-0.4, -0.2) is 15.4 Å². The van der Waals surface area contributed by atoms with Gasteiger partial charge in [0.25, 0.3) is 8.32 Å². The predicted molar refractivity (Wildman–Crippen MR) is 80.3 cm³/mol. The number of aryl methyl sites for hydroxylation is 2. The first-order chi connectivity index (χ1) is 8.56. The normalized spacial score (nSPS) is 11.6. The van der Waals surface area contributed by atoms with Crippen LogP contribution in [0.2, 0.25) is 6.55 Å². The average molecular weight is 256 g/mol. The summed E-state index contributed by atoms with van der Waals surface area (Å²) in [7, 11) is -0.208. The topological polar surface area (TPSA) is 9.23 Å². The number of benzene rings is 2. The number of hydrogen-bond donors (Lipinski definition) is 0. The molecule has 0 saturated heterocycles. The van der Waals surface area contributed by atoms with E-state index in [1.165, 1.54) is 21.5 Å². The van der Waals surface area contributed by atoms with E-state index in [1.807, 2.05) is 7.11 Å². The van der Waals surface area contributed by atoms with E-state index in [9.17, 15) is 0 Å². The van der Waals surface area contributed by atoms with Gasteiger partial charge in [-0.15, -0.1) is 0 Å². The molecule has 0 fully saturated rings. The molecule has 2 rings (SSSR count). The fourth-order valence-electron chi connectivity index (χ4n) is 2.29. The Balaban J connectivity index is 2.54. The first-order valence-corrected chi connectivity index (χ1v) is 8.66. The van der Waals surface area contributed by atoms with Crippen molar-refractivity contribution in [3.63, 3.8) is 0 Å². The average Bonchev–Trinajstić information content (AvgIpc) is 2.38. The van der Waals surface area contributed by atoms with Gasteiger partial charge in [0.2, 0.25) is 0 Å². The van der Waals surface area contributed by atoms with Gasteiger partial charge in [0.1, 0.15) is 0 Å². The van der Waals surface area contributed by atoms with E-state index in [2.05, 4.69) is 68.9 Å². The van der Waals surface area contributed by atoms with E-state index in [1.54, 1.807) is 0 Å². The van der Waals surface area contributed by atoms with E-state index in [4.69, 9.17) is 4.43 Å². The van der Waals surface area contributed by atoms with Crippen LogP contribution in [0.25, 0.3) is 0 Å². The molecule has 1 nitrogen and oxygen atoms in total. The van der Waals surface area contributed by atoms with Crippen molar-refractivity contribution in [3.05, 3.63) is 59.7 Å².